The second-order valence-electron chi connectivity index (χ2n) is 3.08. The van der Waals surface area contributed by atoms with Crippen LogP contribution >= 0.6 is 38.9 Å². The molecule has 1 saturated heterocycles. The summed E-state index contributed by atoms with van der Waals surface area (Å²) >= 11 is 10.2. The van der Waals surface area contributed by atoms with Crippen molar-refractivity contribution in [3.63, 3.8) is 0 Å². The first-order valence-electron chi connectivity index (χ1n) is 4.17. The minimum absolute atomic E-state index is 0.000240. The van der Waals surface area contributed by atoms with Crippen LogP contribution in [0.2, 0.25) is 5.15 Å². The van der Waals surface area contributed by atoms with Gasteiger partial charge in [-0.15, -0.1) is 0 Å². The van der Waals surface area contributed by atoms with Gasteiger partial charge in [-0.3, -0.25) is 14.5 Å². The highest BCUT2D eigenvalue weighted by atomic mass is 79.9. The molecule has 1 aromatic rings. The number of rotatable bonds is 2. The minimum atomic E-state index is -0.000240. The van der Waals surface area contributed by atoms with E-state index in [1.807, 2.05) is 0 Å². The Hall–Kier alpha value is -0.460. The summed E-state index contributed by atoms with van der Waals surface area (Å²) in [5, 5.41) is 0.657. The first kappa shape index (κ1) is 11.0. The number of thiazole rings is 1. The molecule has 1 fully saturated rings. The first-order chi connectivity index (χ1) is 7.11. The zero-order chi connectivity index (χ0) is 11.0. The molecule has 80 valence electrons. The number of hydrogen-bond acceptors (Lipinski definition) is 4. The summed E-state index contributed by atoms with van der Waals surface area (Å²) in [6.07, 6.45) is 1.10. The number of amides is 1. The van der Waals surface area contributed by atoms with E-state index in [0.29, 0.717) is 29.3 Å². The summed E-state index contributed by atoms with van der Waals surface area (Å²) in [6, 6.07) is 0. The Morgan fingerprint density at radius 3 is 2.87 bits per heavy atom. The van der Waals surface area contributed by atoms with Crippen LogP contribution in [0, 0.1) is 0 Å². The normalized spacial score (nSPS) is 21.1. The molecule has 7 heteroatoms. The highest BCUT2D eigenvalue weighted by molar-refractivity contribution is 9.09. The molecule has 15 heavy (non-hydrogen) atoms. The van der Waals surface area contributed by atoms with Crippen LogP contribution in [0.4, 0.5) is 5.13 Å². The van der Waals surface area contributed by atoms with E-state index in [2.05, 4.69) is 20.9 Å². The highest BCUT2D eigenvalue weighted by Crippen LogP contribution is 2.32. The van der Waals surface area contributed by atoms with Gasteiger partial charge in [-0.25, -0.2) is 4.98 Å². The first-order valence-corrected chi connectivity index (χ1v) is 6.28. The molecule has 0 N–H and O–H groups in total. The van der Waals surface area contributed by atoms with E-state index in [1.165, 1.54) is 0 Å². The Balaban J connectivity index is 2.30. The van der Waals surface area contributed by atoms with Crippen LogP contribution in [0.1, 0.15) is 16.1 Å². The van der Waals surface area contributed by atoms with Gasteiger partial charge >= 0.3 is 0 Å². The molecule has 0 aromatic carbocycles. The largest absolute Gasteiger partial charge is 0.297 e. The monoisotopic (exact) mass is 308 g/mol. The number of carbonyl (C=O) groups is 2. The van der Waals surface area contributed by atoms with Crippen molar-refractivity contribution < 1.29 is 9.59 Å². The topological polar surface area (TPSA) is 50.3 Å². The number of anilines is 1. The lowest BCUT2D eigenvalue weighted by atomic mass is 10.4. The predicted octanol–water partition coefficient (Wildman–Crippen LogP) is 2.11. The Morgan fingerprint density at radius 2 is 2.40 bits per heavy atom. The number of halogens is 2. The van der Waals surface area contributed by atoms with Gasteiger partial charge in [0.1, 0.15) is 4.88 Å². The molecule has 4 nitrogen and oxygen atoms in total. The average molecular weight is 310 g/mol. The SMILES string of the molecule is O=Cc1sc(N2CC(Br)CC2=O)nc1Cl. The summed E-state index contributed by atoms with van der Waals surface area (Å²) in [5.41, 5.74) is 0. The van der Waals surface area contributed by atoms with Crippen molar-refractivity contribution in [3.8, 4) is 0 Å². The second kappa shape index (κ2) is 4.19. The lowest BCUT2D eigenvalue weighted by Gasteiger charge is -2.10. The maximum absolute atomic E-state index is 11.5. The number of carbonyl (C=O) groups excluding carboxylic acids is 2. The van der Waals surface area contributed by atoms with Crippen molar-refractivity contribution in [2.45, 2.75) is 11.2 Å². The standard InChI is InChI=1S/C8H6BrClN2O2S/c9-4-1-6(14)12(2-4)8-11-7(10)5(3-13)15-8/h3-4H,1-2H2. The zero-order valence-corrected chi connectivity index (χ0v) is 10.6. The number of alkyl halides is 1. The predicted molar refractivity (Wildman–Crippen MR) is 62.2 cm³/mol. The van der Waals surface area contributed by atoms with Gasteiger partial charge in [-0.2, -0.15) is 0 Å². The van der Waals surface area contributed by atoms with Crippen LogP contribution in [0.25, 0.3) is 0 Å². The van der Waals surface area contributed by atoms with Gasteiger partial charge in [0.15, 0.2) is 16.6 Å². The number of aldehydes is 1. The molecule has 0 saturated carbocycles. The van der Waals surface area contributed by atoms with Crippen LogP contribution in [0.15, 0.2) is 0 Å². The van der Waals surface area contributed by atoms with Crippen molar-refractivity contribution in [1.82, 2.24) is 4.98 Å². The minimum Gasteiger partial charge on any atom is -0.297 e. The molecule has 2 heterocycles. The van der Waals surface area contributed by atoms with E-state index >= 15 is 0 Å². The van der Waals surface area contributed by atoms with Crippen molar-refractivity contribution >= 4 is 56.2 Å². The van der Waals surface area contributed by atoms with Gasteiger partial charge < -0.3 is 0 Å². The van der Waals surface area contributed by atoms with E-state index in [4.69, 9.17) is 11.6 Å². The Morgan fingerprint density at radius 1 is 1.67 bits per heavy atom. The number of nitrogens with zero attached hydrogens (tertiary/aromatic N) is 2. The molecule has 1 aliphatic rings. The van der Waals surface area contributed by atoms with Crippen molar-refractivity contribution in [2.75, 3.05) is 11.4 Å². The Labute approximate surface area is 103 Å². The second-order valence-corrected chi connectivity index (χ2v) is 5.74. The molecular formula is C8H6BrClN2O2S. The Kier molecular flexibility index (Phi) is 3.08. The van der Waals surface area contributed by atoms with Crippen LogP contribution in [-0.4, -0.2) is 28.5 Å². The van der Waals surface area contributed by atoms with E-state index in [0.717, 1.165) is 11.3 Å². The molecule has 0 spiro atoms. The molecule has 1 unspecified atom stereocenters. The average Bonchev–Trinajstić information content (AvgIpc) is 2.69. The fourth-order valence-electron chi connectivity index (χ4n) is 1.34. The fraction of sp³-hybridized carbons (Fsp3) is 0.375. The summed E-state index contributed by atoms with van der Waals surface area (Å²) in [4.78, 5) is 28.1. The molecule has 0 radical (unpaired) electrons. The molecule has 2 rings (SSSR count). The lowest BCUT2D eigenvalue weighted by Crippen LogP contribution is -2.24. The summed E-state index contributed by atoms with van der Waals surface area (Å²) in [5.74, 6) is -0.000240. The van der Waals surface area contributed by atoms with Gasteiger partial charge in [0, 0.05) is 17.8 Å². The summed E-state index contributed by atoms with van der Waals surface area (Å²) < 4.78 is 0. The lowest BCUT2D eigenvalue weighted by molar-refractivity contribution is -0.117. The molecule has 1 atom stereocenters. The van der Waals surface area contributed by atoms with E-state index < -0.39 is 0 Å². The van der Waals surface area contributed by atoms with Crippen LogP contribution in [-0.2, 0) is 4.79 Å². The van der Waals surface area contributed by atoms with Gasteiger partial charge in [0.2, 0.25) is 5.91 Å². The third-order valence-corrected chi connectivity index (χ3v) is 4.03. The summed E-state index contributed by atoms with van der Waals surface area (Å²) in [7, 11) is 0. The van der Waals surface area contributed by atoms with E-state index in [1.54, 1.807) is 4.90 Å². The summed E-state index contributed by atoms with van der Waals surface area (Å²) in [6.45, 7) is 0.570. The maximum Gasteiger partial charge on any atom is 0.230 e. The van der Waals surface area contributed by atoms with Crippen molar-refractivity contribution in [3.05, 3.63) is 10.0 Å². The van der Waals surface area contributed by atoms with E-state index in [9.17, 15) is 9.59 Å². The van der Waals surface area contributed by atoms with Crippen LogP contribution in [0.5, 0.6) is 0 Å². The third-order valence-electron chi connectivity index (χ3n) is 2.01. The number of hydrogen-bond donors (Lipinski definition) is 0. The third kappa shape index (κ3) is 2.07. The van der Waals surface area contributed by atoms with E-state index in [-0.39, 0.29) is 15.9 Å². The molecule has 1 aliphatic heterocycles. The van der Waals surface area contributed by atoms with Gasteiger partial charge in [-0.05, 0) is 0 Å². The van der Waals surface area contributed by atoms with Crippen molar-refractivity contribution in [1.29, 1.82) is 0 Å². The van der Waals surface area contributed by atoms with Gasteiger partial charge in [-0.1, -0.05) is 38.9 Å². The Bertz CT molecular complexity index is 423. The van der Waals surface area contributed by atoms with Gasteiger partial charge in [0.05, 0.1) is 0 Å². The fourth-order valence-corrected chi connectivity index (χ4v) is 2.99. The van der Waals surface area contributed by atoms with Gasteiger partial charge in [0.25, 0.3) is 0 Å². The van der Waals surface area contributed by atoms with Crippen LogP contribution in [0.3, 0.4) is 0 Å². The smallest absolute Gasteiger partial charge is 0.230 e. The molecule has 0 aliphatic carbocycles. The maximum atomic E-state index is 11.5. The van der Waals surface area contributed by atoms with Crippen LogP contribution < -0.4 is 4.90 Å². The molecular weight excluding hydrogens is 304 g/mol. The zero-order valence-electron chi connectivity index (χ0n) is 7.44. The molecule has 0 bridgehead atoms. The quantitative estimate of drug-likeness (QED) is 0.621. The van der Waals surface area contributed by atoms with Crippen molar-refractivity contribution in [2.24, 2.45) is 0 Å². The molecule has 1 aromatic heterocycles. The number of aromatic nitrogens is 1. The molecule has 1 amide bonds. The highest BCUT2D eigenvalue weighted by Gasteiger charge is 2.31.